The van der Waals surface area contributed by atoms with Crippen LogP contribution in [0.1, 0.15) is 31.9 Å². The Labute approximate surface area is 194 Å². The fourth-order valence-electron chi connectivity index (χ4n) is 3.96. The van der Waals surface area contributed by atoms with Crippen LogP contribution in [-0.2, 0) is 22.4 Å². The van der Waals surface area contributed by atoms with Gasteiger partial charge in [-0.25, -0.2) is 4.79 Å². The molecule has 0 bridgehead atoms. The third kappa shape index (κ3) is 5.27. The lowest BCUT2D eigenvalue weighted by Gasteiger charge is -2.34. The lowest BCUT2D eigenvalue weighted by atomic mass is 9.83. The molecule has 3 rings (SSSR count). The molecule has 1 heterocycles. The number of benzene rings is 2. The highest BCUT2D eigenvalue weighted by Gasteiger charge is 2.53. The normalized spacial score (nSPS) is 19.8. The third-order valence-corrected chi connectivity index (χ3v) is 5.62. The van der Waals surface area contributed by atoms with Gasteiger partial charge in [0, 0.05) is 26.9 Å². The van der Waals surface area contributed by atoms with Crippen LogP contribution in [0, 0.1) is 0 Å². The number of phenolic OH excluding ortho intramolecular Hbond substituents is 1. The molecular weight excluding hydrogens is 422 g/mol. The van der Waals surface area contributed by atoms with Crippen LogP contribution in [0.2, 0.25) is 0 Å². The van der Waals surface area contributed by atoms with E-state index in [9.17, 15) is 14.7 Å². The second-order valence-corrected chi connectivity index (χ2v) is 9.21. The Kier molecular flexibility index (Phi) is 6.67. The minimum atomic E-state index is -1.03. The molecule has 1 unspecified atom stereocenters. The first kappa shape index (κ1) is 24.1. The van der Waals surface area contributed by atoms with E-state index in [1.54, 1.807) is 71.1 Å². The number of carbonyl (C=O) groups is 2. The second kappa shape index (κ2) is 9.13. The first-order chi connectivity index (χ1) is 15.4. The van der Waals surface area contributed by atoms with Gasteiger partial charge in [0.1, 0.15) is 22.6 Å². The number of hydrogen-bond acceptors (Lipinski definition) is 5. The monoisotopic (exact) mass is 453 g/mol. The Morgan fingerprint density at radius 2 is 1.52 bits per heavy atom. The minimum Gasteiger partial charge on any atom is -0.508 e. The van der Waals surface area contributed by atoms with Gasteiger partial charge in [0.25, 0.3) is 5.91 Å². The van der Waals surface area contributed by atoms with Gasteiger partial charge in [-0.05, 0) is 56.2 Å². The van der Waals surface area contributed by atoms with E-state index in [0.29, 0.717) is 12.8 Å². The molecule has 1 aliphatic heterocycles. The maximum Gasteiger partial charge on any atom is 0.437 e. The van der Waals surface area contributed by atoms with Crippen LogP contribution < -0.4 is 4.74 Å². The molecule has 1 saturated heterocycles. The topological polar surface area (TPSA) is 91.7 Å². The average Bonchev–Trinajstić information content (AvgIpc) is 2.91. The lowest BCUT2D eigenvalue weighted by molar-refractivity contribution is -0.132. The molecule has 0 radical (unpaired) electrons. The summed E-state index contributed by atoms with van der Waals surface area (Å²) in [5.74, 6) is 0.915. The van der Waals surface area contributed by atoms with Crippen molar-refractivity contribution in [3.8, 4) is 11.5 Å². The smallest absolute Gasteiger partial charge is 0.437 e. The summed E-state index contributed by atoms with van der Waals surface area (Å²) >= 11 is 0. The third-order valence-electron chi connectivity index (χ3n) is 5.62. The fraction of sp³-hybridized carbons (Fsp3) is 0.400. The molecule has 2 aromatic rings. The number of guanidine groups is 1. The van der Waals surface area contributed by atoms with Gasteiger partial charge in [0.2, 0.25) is 5.96 Å². The molecule has 0 saturated carbocycles. The van der Waals surface area contributed by atoms with E-state index < -0.39 is 17.2 Å². The van der Waals surface area contributed by atoms with Gasteiger partial charge in [-0.3, -0.25) is 9.69 Å². The molecule has 1 fully saturated rings. The van der Waals surface area contributed by atoms with Crippen LogP contribution in [0.5, 0.6) is 11.5 Å². The highest BCUT2D eigenvalue weighted by molar-refractivity contribution is 6.11. The number of aliphatic imine (C=N–C) groups is 1. The summed E-state index contributed by atoms with van der Waals surface area (Å²) in [4.78, 5) is 33.4. The molecule has 33 heavy (non-hydrogen) atoms. The van der Waals surface area contributed by atoms with Crippen LogP contribution >= 0.6 is 0 Å². The SMILES string of the molecule is COc1ccc(CC2(Cc3ccc(O)cc3)C(=O)N(C)/C(=N\C(=O)OC(C)(C)C)N2C)cc1. The van der Waals surface area contributed by atoms with Gasteiger partial charge in [-0.1, -0.05) is 24.3 Å². The van der Waals surface area contributed by atoms with E-state index in [1.165, 1.54) is 4.90 Å². The number of nitrogens with zero attached hydrogens (tertiary/aromatic N) is 3. The first-order valence-corrected chi connectivity index (χ1v) is 10.7. The fourth-order valence-corrected chi connectivity index (χ4v) is 3.96. The number of hydrogen-bond donors (Lipinski definition) is 1. The van der Waals surface area contributed by atoms with Gasteiger partial charge in [0.05, 0.1) is 7.11 Å². The standard InChI is InChI=1S/C25H31N3O5/c1-24(2,3)33-23(31)26-22-27(4)21(30)25(28(22)5,15-17-7-11-19(29)12-8-17)16-18-9-13-20(32-6)14-10-18/h7-14,29H,15-16H2,1-6H3/b26-22+. The van der Waals surface area contributed by atoms with Gasteiger partial charge in [-0.2, -0.15) is 0 Å². The van der Waals surface area contributed by atoms with Crippen molar-refractivity contribution in [3.63, 3.8) is 0 Å². The number of likely N-dealkylation sites (N-methyl/N-ethyl adjacent to an activating group) is 2. The Hall–Kier alpha value is -3.55. The van der Waals surface area contributed by atoms with Gasteiger partial charge in [-0.15, -0.1) is 4.99 Å². The predicted molar refractivity (Wildman–Crippen MR) is 125 cm³/mol. The minimum absolute atomic E-state index is 0.151. The summed E-state index contributed by atoms with van der Waals surface area (Å²) in [6.45, 7) is 5.28. The zero-order chi connectivity index (χ0) is 24.4. The average molecular weight is 454 g/mol. The van der Waals surface area contributed by atoms with Crippen molar-refractivity contribution in [1.29, 1.82) is 0 Å². The van der Waals surface area contributed by atoms with Crippen molar-refractivity contribution in [2.75, 3.05) is 21.2 Å². The first-order valence-electron chi connectivity index (χ1n) is 10.7. The number of methoxy groups -OCH3 is 1. The summed E-state index contributed by atoms with van der Waals surface area (Å²) in [5, 5.41) is 9.68. The van der Waals surface area contributed by atoms with Crippen LogP contribution in [0.3, 0.4) is 0 Å². The van der Waals surface area contributed by atoms with Gasteiger partial charge < -0.3 is 19.5 Å². The van der Waals surface area contributed by atoms with Crippen LogP contribution in [0.25, 0.3) is 0 Å². The van der Waals surface area contributed by atoms with E-state index in [0.717, 1.165) is 16.9 Å². The van der Waals surface area contributed by atoms with Crippen LogP contribution in [0.15, 0.2) is 53.5 Å². The summed E-state index contributed by atoms with van der Waals surface area (Å²) in [7, 11) is 4.97. The van der Waals surface area contributed by atoms with Crippen LogP contribution in [0.4, 0.5) is 4.79 Å². The zero-order valence-electron chi connectivity index (χ0n) is 20.0. The highest BCUT2D eigenvalue weighted by Crippen LogP contribution is 2.34. The molecule has 8 nitrogen and oxygen atoms in total. The van der Waals surface area contributed by atoms with Gasteiger partial charge >= 0.3 is 6.09 Å². The van der Waals surface area contributed by atoms with E-state index in [4.69, 9.17) is 9.47 Å². The van der Waals surface area contributed by atoms with E-state index in [2.05, 4.69) is 4.99 Å². The molecular formula is C25H31N3O5. The molecule has 0 aliphatic carbocycles. The quantitative estimate of drug-likeness (QED) is 0.744. The summed E-state index contributed by atoms with van der Waals surface area (Å²) in [6.07, 6.45) is -0.0223. The number of carbonyl (C=O) groups excluding carboxylic acids is 2. The number of amides is 2. The Morgan fingerprint density at radius 3 is 2.00 bits per heavy atom. The zero-order valence-corrected chi connectivity index (χ0v) is 20.0. The van der Waals surface area contributed by atoms with E-state index >= 15 is 0 Å². The largest absolute Gasteiger partial charge is 0.508 e. The lowest BCUT2D eigenvalue weighted by Crippen LogP contribution is -2.51. The predicted octanol–water partition coefficient (Wildman–Crippen LogP) is 3.62. The summed E-state index contributed by atoms with van der Waals surface area (Å²) in [5.41, 5.74) is 0.0731. The molecule has 2 amide bonds. The number of ether oxygens (including phenoxy) is 2. The number of phenols is 1. The van der Waals surface area contributed by atoms with E-state index in [-0.39, 0.29) is 17.6 Å². The molecule has 8 heteroatoms. The van der Waals surface area contributed by atoms with Gasteiger partial charge in [0.15, 0.2) is 0 Å². The van der Waals surface area contributed by atoms with Crippen molar-refractivity contribution in [1.82, 2.24) is 9.80 Å². The van der Waals surface area contributed by atoms with Crippen molar-refractivity contribution < 1.29 is 24.2 Å². The Bertz CT molecular complexity index is 1040. The second-order valence-electron chi connectivity index (χ2n) is 9.21. The van der Waals surface area contributed by atoms with Crippen molar-refractivity contribution in [3.05, 3.63) is 59.7 Å². The number of rotatable bonds is 5. The van der Waals surface area contributed by atoms with Crippen molar-refractivity contribution in [2.24, 2.45) is 4.99 Å². The molecule has 0 spiro atoms. The van der Waals surface area contributed by atoms with Crippen molar-refractivity contribution >= 4 is 18.0 Å². The van der Waals surface area contributed by atoms with Crippen molar-refractivity contribution in [2.45, 2.75) is 44.8 Å². The Balaban J connectivity index is 2.03. The number of aromatic hydroxyl groups is 1. The van der Waals surface area contributed by atoms with Crippen LogP contribution in [-0.4, -0.2) is 65.2 Å². The maximum atomic E-state index is 13.7. The molecule has 1 aliphatic rings. The highest BCUT2D eigenvalue weighted by atomic mass is 16.6. The molecule has 176 valence electrons. The van der Waals surface area contributed by atoms with E-state index in [1.807, 2.05) is 24.3 Å². The molecule has 1 atom stereocenters. The molecule has 1 N–H and O–H groups in total. The summed E-state index contributed by atoms with van der Waals surface area (Å²) < 4.78 is 10.6. The molecule has 0 aromatic heterocycles. The molecule has 2 aromatic carbocycles. The Morgan fingerprint density at radius 1 is 1.00 bits per heavy atom. The maximum absolute atomic E-state index is 13.7. The summed E-state index contributed by atoms with van der Waals surface area (Å²) in [6, 6.07) is 14.3.